The molecule has 0 bridgehead atoms. The van der Waals surface area contributed by atoms with Crippen LogP contribution in [0.15, 0.2) is 0 Å². The summed E-state index contributed by atoms with van der Waals surface area (Å²) < 4.78 is 0. The van der Waals surface area contributed by atoms with Gasteiger partial charge in [-0.05, 0) is 19.4 Å². The lowest BCUT2D eigenvalue weighted by molar-refractivity contribution is -0.133. The number of nitrogens with two attached hydrogens (primary N) is 1. The summed E-state index contributed by atoms with van der Waals surface area (Å²) in [6, 6.07) is -0.380. The van der Waals surface area contributed by atoms with E-state index in [4.69, 9.17) is 5.73 Å². The summed E-state index contributed by atoms with van der Waals surface area (Å²) in [5.41, 5.74) is 5.28. The minimum Gasteiger partial charge on any atom is -0.345 e. The van der Waals surface area contributed by atoms with Crippen LogP contribution in [-0.2, 0) is 9.59 Å². The monoisotopic (exact) mass is 171 g/mol. The van der Waals surface area contributed by atoms with Crippen LogP contribution in [0.2, 0.25) is 0 Å². The Hall–Kier alpha value is -1.10. The lowest BCUT2D eigenvalue weighted by Gasteiger charge is -2.22. The topological polar surface area (TPSA) is 84.2 Å². The van der Waals surface area contributed by atoms with Gasteiger partial charge in [0.2, 0.25) is 11.8 Å². The van der Waals surface area contributed by atoms with Gasteiger partial charge in [0.05, 0.1) is 6.54 Å². The second-order valence-corrected chi connectivity index (χ2v) is 2.77. The highest BCUT2D eigenvalue weighted by Gasteiger charge is 2.24. The van der Waals surface area contributed by atoms with Gasteiger partial charge in [0, 0.05) is 0 Å². The molecule has 0 spiro atoms. The van der Waals surface area contributed by atoms with E-state index in [-0.39, 0.29) is 24.4 Å². The van der Waals surface area contributed by atoms with Crippen LogP contribution in [0.25, 0.3) is 0 Å². The Balaban J connectivity index is 2.38. The van der Waals surface area contributed by atoms with Crippen LogP contribution in [0.1, 0.15) is 12.8 Å². The van der Waals surface area contributed by atoms with Gasteiger partial charge in [-0.1, -0.05) is 0 Å². The molecule has 1 aliphatic rings. The number of carbonyl (C=O) groups excluding carboxylic acids is 2. The molecule has 1 heterocycles. The molecule has 1 rings (SSSR count). The van der Waals surface area contributed by atoms with Crippen molar-refractivity contribution in [1.29, 1.82) is 0 Å². The zero-order valence-electron chi connectivity index (χ0n) is 6.80. The van der Waals surface area contributed by atoms with E-state index in [1.165, 1.54) is 0 Å². The molecular weight excluding hydrogens is 158 g/mol. The van der Waals surface area contributed by atoms with Crippen molar-refractivity contribution in [3.8, 4) is 0 Å². The summed E-state index contributed by atoms with van der Waals surface area (Å²) in [4.78, 5) is 21.9. The van der Waals surface area contributed by atoms with E-state index in [0.29, 0.717) is 13.0 Å². The SMILES string of the molecule is NCCC[C@@H]1NC(=O)CNC1=O. The van der Waals surface area contributed by atoms with Crippen molar-refractivity contribution in [2.75, 3.05) is 13.1 Å². The average Bonchev–Trinajstić information content (AvgIpc) is 2.07. The molecule has 0 unspecified atom stereocenters. The lowest BCUT2D eigenvalue weighted by atomic mass is 10.1. The summed E-state index contributed by atoms with van der Waals surface area (Å²) in [5, 5.41) is 5.09. The van der Waals surface area contributed by atoms with Crippen LogP contribution in [0.4, 0.5) is 0 Å². The van der Waals surface area contributed by atoms with Gasteiger partial charge in [-0.2, -0.15) is 0 Å². The normalized spacial score (nSPS) is 23.2. The molecule has 0 aliphatic carbocycles. The van der Waals surface area contributed by atoms with Crippen molar-refractivity contribution in [1.82, 2.24) is 10.6 Å². The largest absolute Gasteiger partial charge is 0.345 e. The number of hydrogen-bond acceptors (Lipinski definition) is 3. The molecule has 0 aromatic heterocycles. The smallest absolute Gasteiger partial charge is 0.243 e. The van der Waals surface area contributed by atoms with Crippen LogP contribution in [0, 0.1) is 0 Å². The first kappa shape index (κ1) is 8.99. The predicted molar refractivity (Wildman–Crippen MR) is 43.2 cm³/mol. The number of rotatable bonds is 3. The summed E-state index contributed by atoms with van der Waals surface area (Å²) in [7, 11) is 0. The van der Waals surface area contributed by atoms with Gasteiger partial charge < -0.3 is 16.4 Å². The highest BCUT2D eigenvalue weighted by molar-refractivity contribution is 5.94. The number of hydrogen-bond donors (Lipinski definition) is 3. The summed E-state index contributed by atoms with van der Waals surface area (Å²) in [5.74, 6) is -0.236. The number of amides is 2. The van der Waals surface area contributed by atoms with Gasteiger partial charge in [-0.15, -0.1) is 0 Å². The zero-order chi connectivity index (χ0) is 8.97. The van der Waals surface area contributed by atoms with E-state index >= 15 is 0 Å². The van der Waals surface area contributed by atoms with E-state index in [1.54, 1.807) is 0 Å². The quantitative estimate of drug-likeness (QED) is 0.475. The molecule has 68 valence electrons. The number of carbonyl (C=O) groups is 2. The van der Waals surface area contributed by atoms with Gasteiger partial charge in [0.25, 0.3) is 0 Å². The molecule has 5 heteroatoms. The molecule has 4 N–H and O–H groups in total. The molecule has 1 aliphatic heterocycles. The van der Waals surface area contributed by atoms with E-state index in [2.05, 4.69) is 10.6 Å². The fourth-order valence-electron chi connectivity index (χ4n) is 1.13. The van der Waals surface area contributed by atoms with Crippen LogP contribution in [-0.4, -0.2) is 30.9 Å². The Morgan fingerprint density at radius 1 is 1.50 bits per heavy atom. The Bertz CT molecular complexity index is 193. The zero-order valence-corrected chi connectivity index (χ0v) is 6.80. The van der Waals surface area contributed by atoms with Crippen molar-refractivity contribution in [2.24, 2.45) is 5.73 Å². The number of piperazine rings is 1. The molecule has 12 heavy (non-hydrogen) atoms. The van der Waals surface area contributed by atoms with Gasteiger partial charge >= 0.3 is 0 Å². The first-order chi connectivity index (χ1) is 5.74. The third-order valence-corrected chi connectivity index (χ3v) is 1.77. The van der Waals surface area contributed by atoms with Crippen molar-refractivity contribution in [3.05, 3.63) is 0 Å². The van der Waals surface area contributed by atoms with Gasteiger partial charge in [0.1, 0.15) is 6.04 Å². The van der Waals surface area contributed by atoms with Gasteiger partial charge in [-0.3, -0.25) is 9.59 Å². The van der Waals surface area contributed by atoms with E-state index in [0.717, 1.165) is 6.42 Å². The highest BCUT2D eigenvalue weighted by Crippen LogP contribution is 1.99. The molecule has 1 saturated heterocycles. The fraction of sp³-hybridized carbons (Fsp3) is 0.714. The van der Waals surface area contributed by atoms with Crippen molar-refractivity contribution >= 4 is 11.8 Å². The first-order valence-corrected chi connectivity index (χ1v) is 4.01. The third-order valence-electron chi connectivity index (χ3n) is 1.77. The maximum Gasteiger partial charge on any atom is 0.243 e. The molecule has 0 radical (unpaired) electrons. The standard InChI is InChI=1S/C7H13N3O2/c8-3-1-2-5-7(12)9-4-6(11)10-5/h5H,1-4,8H2,(H,9,12)(H,10,11)/t5-/m0/s1. The Morgan fingerprint density at radius 3 is 2.92 bits per heavy atom. The van der Waals surface area contributed by atoms with Gasteiger partial charge in [0.15, 0.2) is 0 Å². The van der Waals surface area contributed by atoms with Crippen LogP contribution >= 0.6 is 0 Å². The second-order valence-electron chi connectivity index (χ2n) is 2.77. The average molecular weight is 171 g/mol. The Morgan fingerprint density at radius 2 is 2.25 bits per heavy atom. The maximum absolute atomic E-state index is 11.1. The van der Waals surface area contributed by atoms with E-state index in [9.17, 15) is 9.59 Å². The predicted octanol–water partition coefficient (Wildman–Crippen LogP) is -1.66. The minimum atomic E-state index is -0.380. The molecule has 5 nitrogen and oxygen atoms in total. The lowest BCUT2D eigenvalue weighted by Crippen LogP contribution is -2.56. The fourth-order valence-corrected chi connectivity index (χ4v) is 1.13. The minimum absolute atomic E-state index is 0.0952. The van der Waals surface area contributed by atoms with Crippen molar-refractivity contribution in [3.63, 3.8) is 0 Å². The molecule has 1 atom stereocenters. The highest BCUT2D eigenvalue weighted by atomic mass is 16.2. The molecule has 1 fully saturated rings. The molecule has 0 aromatic carbocycles. The molecule has 2 amide bonds. The summed E-state index contributed by atoms with van der Waals surface area (Å²) in [6.45, 7) is 0.637. The van der Waals surface area contributed by atoms with Crippen LogP contribution in [0.5, 0.6) is 0 Å². The third kappa shape index (κ3) is 2.20. The maximum atomic E-state index is 11.1. The molecular formula is C7H13N3O2. The second kappa shape index (κ2) is 4.06. The molecule has 0 saturated carbocycles. The van der Waals surface area contributed by atoms with E-state index in [1.807, 2.05) is 0 Å². The van der Waals surface area contributed by atoms with Crippen molar-refractivity contribution in [2.45, 2.75) is 18.9 Å². The Kier molecular flexibility index (Phi) is 3.04. The molecule has 0 aromatic rings. The summed E-state index contributed by atoms with van der Waals surface area (Å²) in [6.07, 6.45) is 1.37. The van der Waals surface area contributed by atoms with Crippen LogP contribution in [0.3, 0.4) is 0 Å². The summed E-state index contributed by atoms with van der Waals surface area (Å²) >= 11 is 0. The van der Waals surface area contributed by atoms with Crippen LogP contribution < -0.4 is 16.4 Å². The van der Waals surface area contributed by atoms with Crippen molar-refractivity contribution < 1.29 is 9.59 Å². The Labute approximate surface area is 70.7 Å². The van der Waals surface area contributed by atoms with E-state index < -0.39 is 0 Å². The number of nitrogens with one attached hydrogen (secondary N) is 2. The van der Waals surface area contributed by atoms with Gasteiger partial charge in [-0.25, -0.2) is 0 Å². The first-order valence-electron chi connectivity index (χ1n) is 4.01.